The maximum Gasteiger partial charge on any atom is 0.156 e. The predicted molar refractivity (Wildman–Crippen MR) is 50.6 cm³/mol. The molecule has 0 radical (unpaired) electrons. The standard InChI is InChI=1S/C7H18N2O2S/c1-7(2,3)6-11-12(10)5-4-9-8/h9H,4-6,8H2,1-3H3. The van der Waals surface area contributed by atoms with E-state index in [0.717, 1.165) is 0 Å². The Labute approximate surface area is 76.5 Å². The van der Waals surface area contributed by atoms with Crippen molar-refractivity contribution >= 4 is 11.1 Å². The van der Waals surface area contributed by atoms with Crippen LogP contribution in [0.15, 0.2) is 0 Å². The molecule has 1 atom stereocenters. The van der Waals surface area contributed by atoms with Crippen LogP contribution >= 0.6 is 0 Å². The molecule has 0 saturated carbocycles. The Hall–Kier alpha value is 0.0300. The molecule has 0 rings (SSSR count). The lowest BCUT2D eigenvalue weighted by Crippen LogP contribution is -2.28. The number of hydrogen-bond donors (Lipinski definition) is 2. The summed E-state index contributed by atoms with van der Waals surface area (Å²) in [6, 6.07) is 0. The number of hydrazine groups is 1. The van der Waals surface area contributed by atoms with Crippen molar-refractivity contribution in [2.45, 2.75) is 20.8 Å². The summed E-state index contributed by atoms with van der Waals surface area (Å²) in [5, 5.41) is 0. The van der Waals surface area contributed by atoms with Gasteiger partial charge in [0.2, 0.25) is 0 Å². The minimum atomic E-state index is -1.21. The SMILES string of the molecule is CC(C)(C)COS(=O)CCNN. The molecule has 0 spiro atoms. The van der Waals surface area contributed by atoms with E-state index in [-0.39, 0.29) is 5.41 Å². The van der Waals surface area contributed by atoms with Crippen LogP contribution in [0.1, 0.15) is 20.8 Å². The number of nitrogens with one attached hydrogen (secondary N) is 1. The van der Waals surface area contributed by atoms with Gasteiger partial charge in [-0.05, 0) is 5.41 Å². The molecule has 4 nitrogen and oxygen atoms in total. The van der Waals surface area contributed by atoms with Crippen LogP contribution in [0.4, 0.5) is 0 Å². The zero-order valence-electron chi connectivity index (χ0n) is 7.92. The van der Waals surface area contributed by atoms with Gasteiger partial charge in [0.1, 0.15) is 0 Å². The first-order valence-electron chi connectivity index (χ1n) is 3.91. The molecule has 0 aliphatic rings. The van der Waals surface area contributed by atoms with Gasteiger partial charge in [-0.15, -0.1) is 0 Å². The van der Waals surface area contributed by atoms with Gasteiger partial charge in [0.15, 0.2) is 11.1 Å². The quantitative estimate of drug-likeness (QED) is 0.484. The molecule has 1 unspecified atom stereocenters. The van der Waals surface area contributed by atoms with Crippen molar-refractivity contribution < 1.29 is 8.39 Å². The first kappa shape index (κ1) is 12.0. The highest BCUT2D eigenvalue weighted by Gasteiger charge is 2.12. The summed E-state index contributed by atoms with van der Waals surface area (Å²) in [6.07, 6.45) is 0. The monoisotopic (exact) mass is 194 g/mol. The Morgan fingerprint density at radius 1 is 1.50 bits per heavy atom. The van der Waals surface area contributed by atoms with Gasteiger partial charge < -0.3 is 0 Å². The summed E-state index contributed by atoms with van der Waals surface area (Å²) in [5.74, 6) is 5.46. The van der Waals surface area contributed by atoms with Crippen molar-refractivity contribution in [2.75, 3.05) is 18.9 Å². The number of nitrogens with two attached hydrogens (primary N) is 1. The molecule has 0 aromatic carbocycles. The van der Waals surface area contributed by atoms with Crippen molar-refractivity contribution in [1.82, 2.24) is 5.43 Å². The van der Waals surface area contributed by atoms with Crippen LogP contribution in [0, 0.1) is 5.41 Å². The van der Waals surface area contributed by atoms with Gasteiger partial charge >= 0.3 is 0 Å². The number of hydrogen-bond acceptors (Lipinski definition) is 4. The van der Waals surface area contributed by atoms with Gasteiger partial charge in [0, 0.05) is 6.54 Å². The molecule has 0 aromatic rings. The minimum Gasteiger partial charge on any atom is -0.290 e. The topological polar surface area (TPSA) is 64.3 Å². The lowest BCUT2D eigenvalue weighted by Gasteiger charge is -2.16. The van der Waals surface area contributed by atoms with Gasteiger partial charge in [0.05, 0.1) is 12.4 Å². The van der Waals surface area contributed by atoms with Crippen molar-refractivity contribution in [2.24, 2.45) is 11.3 Å². The largest absolute Gasteiger partial charge is 0.290 e. The fourth-order valence-corrected chi connectivity index (χ4v) is 1.33. The summed E-state index contributed by atoms with van der Waals surface area (Å²) in [4.78, 5) is 0. The average Bonchev–Trinajstić information content (AvgIpc) is 1.95. The molecule has 5 heteroatoms. The van der Waals surface area contributed by atoms with Crippen LogP contribution in [0.2, 0.25) is 0 Å². The highest BCUT2D eigenvalue weighted by atomic mass is 32.2. The third kappa shape index (κ3) is 8.13. The van der Waals surface area contributed by atoms with Gasteiger partial charge in [0.25, 0.3) is 0 Å². The van der Waals surface area contributed by atoms with Gasteiger partial charge in [-0.1, -0.05) is 20.8 Å². The molecule has 3 N–H and O–H groups in total. The summed E-state index contributed by atoms with van der Waals surface area (Å²) in [5.41, 5.74) is 2.48. The fraction of sp³-hybridized carbons (Fsp3) is 1.00. The fourth-order valence-electron chi connectivity index (χ4n) is 0.444. The summed E-state index contributed by atoms with van der Waals surface area (Å²) >= 11 is -1.21. The molecule has 74 valence electrons. The Balaban J connectivity index is 3.44. The molecular weight excluding hydrogens is 176 g/mol. The molecule has 0 saturated heterocycles. The van der Waals surface area contributed by atoms with Crippen LogP contribution in [-0.4, -0.2) is 23.1 Å². The maximum atomic E-state index is 11.0. The van der Waals surface area contributed by atoms with Crippen molar-refractivity contribution in [3.63, 3.8) is 0 Å². The molecule has 12 heavy (non-hydrogen) atoms. The third-order valence-electron chi connectivity index (χ3n) is 1.04. The molecule has 0 aliphatic heterocycles. The lowest BCUT2D eigenvalue weighted by atomic mass is 9.99. The predicted octanol–water partition coefficient (Wildman–Crippen LogP) is 0.176. The Kier molecular flexibility index (Phi) is 5.65. The molecular formula is C7H18N2O2S. The highest BCUT2D eigenvalue weighted by molar-refractivity contribution is 7.80. The number of rotatable bonds is 5. The van der Waals surface area contributed by atoms with Gasteiger partial charge in [-0.25, -0.2) is 4.21 Å². The van der Waals surface area contributed by atoms with Crippen molar-refractivity contribution in [1.29, 1.82) is 0 Å². The van der Waals surface area contributed by atoms with Crippen LogP contribution in [0.3, 0.4) is 0 Å². The first-order valence-corrected chi connectivity index (χ1v) is 5.15. The maximum absolute atomic E-state index is 11.0. The lowest BCUT2D eigenvalue weighted by molar-refractivity contribution is 0.216. The second-order valence-corrected chi connectivity index (χ2v) is 5.04. The zero-order valence-corrected chi connectivity index (χ0v) is 8.74. The van der Waals surface area contributed by atoms with E-state index < -0.39 is 11.1 Å². The highest BCUT2D eigenvalue weighted by Crippen LogP contribution is 2.13. The van der Waals surface area contributed by atoms with E-state index >= 15 is 0 Å². The molecule has 0 fully saturated rings. The summed E-state index contributed by atoms with van der Waals surface area (Å²) in [6.45, 7) is 7.11. The van der Waals surface area contributed by atoms with Crippen LogP contribution < -0.4 is 11.3 Å². The molecule has 0 heterocycles. The summed E-state index contributed by atoms with van der Waals surface area (Å²) < 4.78 is 16.1. The minimum absolute atomic E-state index is 0.0613. The van der Waals surface area contributed by atoms with Gasteiger partial charge in [-0.2, -0.15) is 0 Å². The van der Waals surface area contributed by atoms with E-state index in [2.05, 4.69) is 5.43 Å². The van der Waals surface area contributed by atoms with Gasteiger partial charge in [-0.3, -0.25) is 15.5 Å². The normalized spacial score (nSPS) is 14.7. The molecule has 0 aromatic heterocycles. The summed E-state index contributed by atoms with van der Waals surface area (Å²) in [7, 11) is 0. The van der Waals surface area contributed by atoms with Crippen LogP contribution in [-0.2, 0) is 15.3 Å². The zero-order chi connectivity index (χ0) is 9.61. The Morgan fingerprint density at radius 3 is 2.50 bits per heavy atom. The van der Waals surface area contributed by atoms with Crippen LogP contribution in [0.5, 0.6) is 0 Å². The van der Waals surface area contributed by atoms with Crippen molar-refractivity contribution in [3.05, 3.63) is 0 Å². The first-order chi connectivity index (χ1) is 5.45. The van der Waals surface area contributed by atoms with E-state index in [1.54, 1.807) is 0 Å². The van der Waals surface area contributed by atoms with E-state index in [9.17, 15) is 4.21 Å². The second kappa shape index (κ2) is 5.64. The van der Waals surface area contributed by atoms with E-state index in [1.807, 2.05) is 20.8 Å². The molecule has 0 bridgehead atoms. The van der Waals surface area contributed by atoms with E-state index in [0.29, 0.717) is 18.9 Å². The molecule has 0 amide bonds. The van der Waals surface area contributed by atoms with Crippen molar-refractivity contribution in [3.8, 4) is 0 Å². The van der Waals surface area contributed by atoms with E-state index in [1.165, 1.54) is 0 Å². The Morgan fingerprint density at radius 2 is 2.08 bits per heavy atom. The second-order valence-electron chi connectivity index (χ2n) is 3.78. The molecule has 0 aliphatic carbocycles. The smallest absolute Gasteiger partial charge is 0.156 e. The Bertz CT molecular complexity index is 145. The van der Waals surface area contributed by atoms with Crippen LogP contribution in [0.25, 0.3) is 0 Å². The van der Waals surface area contributed by atoms with E-state index in [4.69, 9.17) is 10.0 Å². The average molecular weight is 194 g/mol. The third-order valence-corrected chi connectivity index (χ3v) is 1.95.